The lowest BCUT2D eigenvalue weighted by atomic mass is 9.63. The Bertz CT molecular complexity index is 385. The average molecular weight is 325 g/mol. The van der Waals surface area contributed by atoms with Crippen LogP contribution in [-0.4, -0.2) is 11.6 Å². The highest BCUT2D eigenvalue weighted by molar-refractivity contribution is 5.77. The first-order chi connectivity index (χ1) is 10.4. The van der Waals surface area contributed by atoms with Gasteiger partial charge in [-0.3, -0.25) is 4.79 Å². The van der Waals surface area contributed by atoms with Crippen molar-refractivity contribution in [2.75, 3.05) is 0 Å². The van der Waals surface area contributed by atoms with Gasteiger partial charge in [0.15, 0.2) is 0 Å². The molecule has 0 aromatic rings. The van der Waals surface area contributed by atoms with Crippen LogP contribution in [0.25, 0.3) is 0 Å². The monoisotopic (exact) mass is 324 g/mol. The molecule has 1 fully saturated rings. The van der Waals surface area contributed by atoms with Crippen molar-refractivity contribution >= 4 is 5.97 Å². The van der Waals surface area contributed by atoms with E-state index in [-0.39, 0.29) is 17.0 Å². The Kier molecular flexibility index (Phi) is 6.75. The SMILES string of the molecule is CCC(C)CC(C)(C(=O)OC(C)(C)C1CCCCC1)C(C)(C)C. The van der Waals surface area contributed by atoms with Crippen molar-refractivity contribution in [1.82, 2.24) is 0 Å². The number of carbonyl (C=O) groups excluding carboxylic acids is 1. The summed E-state index contributed by atoms with van der Waals surface area (Å²) in [6, 6.07) is 0. The van der Waals surface area contributed by atoms with Gasteiger partial charge >= 0.3 is 5.97 Å². The van der Waals surface area contributed by atoms with Gasteiger partial charge in [0.25, 0.3) is 0 Å². The summed E-state index contributed by atoms with van der Waals surface area (Å²) in [5.41, 5.74) is -0.885. The Labute approximate surface area is 144 Å². The summed E-state index contributed by atoms with van der Waals surface area (Å²) in [6.07, 6.45) is 8.26. The molecule has 2 atom stereocenters. The van der Waals surface area contributed by atoms with E-state index in [0.717, 1.165) is 12.8 Å². The number of rotatable bonds is 6. The molecular weight excluding hydrogens is 284 g/mol. The van der Waals surface area contributed by atoms with Crippen LogP contribution in [0.4, 0.5) is 0 Å². The van der Waals surface area contributed by atoms with E-state index in [0.29, 0.717) is 11.8 Å². The number of carbonyl (C=O) groups is 1. The van der Waals surface area contributed by atoms with Crippen LogP contribution in [0.15, 0.2) is 0 Å². The Hall–Kier alpha value is -0.530. The summed E-state index contributed by atoms with van der Waals surface area (Å²) in [4.78, 5) is 13.2. The normalized spacial score (nSPS) is 21.6. The summed E-state index contributed by atoms with van der Waals surface area (Å²) in [5.74, 6) is 1.04. The lowest BCUT2D eigenvalue weighted by Crippen LogP contribution is -2.48. The Morgan fingerprint density at radius 3 is 2.00 bits per heavy atom. The summed E-state index contributed by atoms with van der Waals surface area (Å²) in [5, 5.41) is 0. The predicted molar refractivity (Wildman–Crippen MR) is 98.4 cm³/mol. The molecule has 0 heterocycles. The van der Waals surface area contributed by atoms with Crippen LogP contribution in [0.2, 0.25) is 0 Å². The molecule has 2 heteroatoms. The van der Waals surface area contributed by atoms with E-state index in [1.807, 2.05) is 0 Å². The maximum atomic E-state index is 13.2. The molecule has 1 saturated carbocycles. The lowest BCUT2D eigenvalue weighted by Gasteiger charge is -2.45. The zero-order chi connectivity index (χ0) is 17.9. The molecule has 1 aliphatic rings. The number of ether oxygens (including phenoxy) is 1. The molecule has 136 valence electrons. The maximum absolute atomic E-state index is 13.2. The Morgan fingerprint density at radius 2 is 1.57 bits per heavy atom. The molecule has 1 rings (SSSR count). The zero-order valence-corrected chi connectivity index (χ0v) is 16.9. The van der Waals surface area contributed by atoms with Crippen molar-refractivity contribution in [3.8, 4) is 0 Å². The van der Waals surface area contributed by atoms with Crippen LogP contribution in [0.1, 0.15) is 100 Å². The van der Waals surface area contributed by atoms with Gasteiger partial charge in [-0.05, 0) is 57.3 Å². The van der Waals surface area contributed by atoms with E-state index in [1.54, 1.807) is 0 Å². The van der Waals surface area contributed by atoms with E-state index in [9.17, 15) is 4.79 Å². The molecule has 0 radical (unpaired) electrons. The van der Waals surface area contributed by atoms with Crippen molar-refractivity contribution in [2.45, 2.75) is 106 Å². The summed E-state index contributed by atoms with van der Waals surface area (Å²) >= 11 is 0. The minimum absolute atomic E-state index is 0.000809. The van der Waals surface area contributed by atoms with Crippen LogP contribution in [0, 0.1) is 22.7 Å². The van der Waals surface area contributed by atoms with Crippen LogP contribution in [0.5, 0.6) is 0 Å². The molecule has 23 heavy (non-hydrogen) atoms. The molecule has 0 aromatic carbocycles. The van der Waals surface area contributed by atoms with Crippen molar-refractivity contribution in [2.24, 2.45) is 22.7 Å². The van der Waals surface area contributed by atoms with E-state index < -0.39 is 5.41 Å². The van der Waals surface area contributed by atoms with Gasteiger partial charge in [-0.2, -0.15) is 0 Å². The first-order valence-electron chi connectivity index (χ1n) is 9.67. The van der Waals surface area contributed by atoms with E-state index >= 15 is 0 Å². The number of hydrogen-bond donors (Lipinski definition) is 0. The van der Waals surface area contributed by atoms with Crippen LogP contribution in [-0.2, 0) is 9.53 Å². The third kappa shape index (κ3) is 4.97. The molecule has 0 aromatic heterocycles. The van der Waals surface area contributed by atoms with Gasteiger partial charge in [-0.25, -0.2) is 0 Å². The third-order valence-electron chi connectivity index (χ3n) is 6.50. The molecule has 1 aliphatic carbocycles. The first-order valence-corrected chi connectivity index (χ1v) is 9.67. The lowest BCUT2D eigenvalue weighted by molar-refractivity contribution is -0.183. The fourth-order valence-electron chi connectivity index (χ4n) is 3.77. The highest BCUT2D eigenvalue weighted by atomic mass is 16.6. The fraction of sp³-hybridized carbons (Fsp3) is 0.952. The van der Waals surface area contributed by atoms with Crippen molar-refractivity contribution in [3.05, 3.63) is 0 Å². The topological polar surface area (TPSA) is 26.3 Å². The highest BCUT2D eigenvalue weighted by Crippen LogP contribution is 2.46. The smallest absolute Gasteiger partial charge is 0.312 e. The molecule has 2 unspecified atom stereocenters. The summed E-state index contributed by atoms with van der Waals surface area (Å²) in [7, 11) is 0. The molecule has 2 nitrogen and oxygen atoms in total. The van der Waals surface area contributed by atoms with E-state index in [1.165, 1.54) is 32.1 Å². The van der Waals surface area contributed by atoms with Gasteiger partial charge in [0.05, 0.1) is 5.41 Å². The van der Waals surface area contributed by atoms with Crippen molar-refractivity contribution < 1.29 is 9.53 Å². The second-order valence-electron chi connectivity index (χ2n) is 9.63. The van der Waals surface area contributed by atoms with Crippen LogP contribution < -0.4 is 0 Å². The van der Waals surface area contributed by atoms with Crippen molar-refractivity contribution in [3.63, 3.8) is 0 Å². The largest absolute Gasteiger partial charge is 0.459 e. The highest BCUT2D eigenvalue weighted by Gasteiger charge is 2.48. The van der Waals surface area contributed by atoms with Crippen LogP contribution in [0.3, 0.4) is 0 Å². The number of hydrogen-bond acceptors (Lipinski definition) is 2. The number of esters is 1. The average Bonchev–Trinajstić information content (AvgIpc) is 2.46. The quantitative estimate of drug-likeness (QED) is 0.530. The molecule has 0 saturated heterocycles. The standard InChI is InChI=1S/C21H40O2/c1-9-16(2)15-21(8,19(3,4)5)18(22)23-20(6,7)17-13-11-10-12-14-17/h16-17H,9-15H2,1-8H3. The second-order valence-corrected chi connectivity index (χ2v) is 9.63. The molecule has 0 bridgehead atoms. The molecule has 0 aliphatic heterocycles. The van der Waals surface area contributed by atoms with Gasteiger partial charge in [-0.15, -0.1) is 0 Å². The fourth-order valence-corrected chi connectivity index (χ4v) is 3.77. The summed E-state index contributed by atoms with van der Waals surface area (Å²) < 4.78 is 6.18. The van der Waals surface area contributed by atoms with Gasteiger partial charge in [-0.1, -0.05) is 60.3 Å². The van der Waals surface area contributed by atoms with Gasteiger partial charge in [0.1, 0.15) is 5.60 Å². The molecule has 0 spiro atoms. The summed E-state index contributed by atoms with van der Waals surface area (Å²) in [6.45, 7) is 17.3. The maximum Gasteiger partial charge on any atom is 0.312 e. The van der Waals surface area contributed by atoms with Gasteiger partial charge in [0.2, 0.25) is 0 Å². The minimum Gasteiger partial charge on any atom is -0.459 e. The Morgan fingerprint density at radius 1 is 1.04 bits per heavy atom. The molecule has 0 amide bonds. The third-order valence-corrected chi connectivity index (χ3v) is 6.50. The van der Waals surface area contributed by atoms with Gasteiger partial charge in [0, 0.05) is 0 Å². The first kappa shape index (κ1) is 20.5. The minimum atomic E-state index is -0.436. The second kappa shape index (κ2) is 7.57. The zero-order valence-electron chi connectivity index (χ0n) is 16.9. The van der Waals surface area contributed by atoms with E-state index in [2.05, 4.69) is 55.4 Å². The molecular formula is C21H40O2. The van der Waals surface area contributed by atoms with Crippen LogP contribution >= 0.6 is 0 Å². The van der Waals surface area contributed by atoms with Crippen molar-refractivity contribution in [1.29, 1.82) is 0 Å². The van der Waals surface area contributed by atoms with Gasteiger partial charge < -0.3 is 4.74 Å². The Balaban J connectivity index is 2.92. The molecule has 0 N–H and O–H groups in total. The predicted octanol–water partition coefficient (Wildman–Crippen LogP) is 6.38. The van der Waals surface area contributed by atoms with E-state index in [4.69, 9.17) is 4.74 Å².